The van der Waals surface area contributed by atoms with Gasteiger partial charge in [-0.2, -0.15) is 11.3 Å². The number of hydrogen-bond donors (Lipinski definition) is 0. The molecular formula is C9H8O3S. The van der Waals surface area contributed by atoms with E-state index >= 15 is 0 Å². The van der Waals surface area contributed by atoms with Crippen LogP contribution in [-0.4, -0.2) is 11.9 Å². The predicted octanol–water partition coefficient (Wildman–Crippen LogP) is 1.48. The minimum absolute atomic E-state index is 0.155. The summed E-state index contributed by atoms with van der Waals surface area (Å²) in [6, 6.07) is 1.85. The van der Waals surface area contributed by atoms with Gasteiger partial charge in [-0.3, -0.25) is 9.59 Å². The highest BCUT2D eigenvalue weighted by molar-refractivity contribution is 7.08. The molecule has 1 aliphatic rings. The van der Waals surface area contributed by atoms with Gasteiger partial charge in [0.1, 0.15) is 5.41 Å². The van der Waals surface area contributed by atoms with Crippen molar-refractivity contribution >= 4 is 23.3 Å². The molecule has 13 heavy (non-hydrogen) atoms. The summed E-state index contributed by atoms with van der Waals surface area (Å²) in [6.07, 6.45) is 0.155. The summed E-state index contributed by atoms with van der Waals surface area (Å²) in [5.74, 6) is -0.866. The van der Waals surface area contributed by atoms with E-state index in [1.807, 2.05) is 16.8 Å². The maximum atomic E-state index is 11.4. The first-order chi connectivity index (χ1) is 6.13. The van der Waals surface area contributed by atoms with E-state index < -0.39 is 17.4 Å². The third kappa shape index (κ3) is 1.18. The Morgan fingerprint density at radius 2 is 2.31 bits per heavy atom. The van der Waals surface area contributed by atoms with Crippen LogP contribution in [0.5, 0.6) is 0 Å². The van der Waals surface area contributed by atoms with Crippen molar-refractivity contribution in [3.05, 3.63) is 22.4 Å². The lowest BCUT2D eigenvalue weighted by molar-refractivity contribution is -0.153. The summed E-state index contributed by atoms with van der Waals surface area (Å²) in [7, 11) is 0. The highest BCUT2D eigenvalue weighted by Gasteiger charge is 2.46. The van der Waals surface area contributed by atoms with Gasteiger partial charge in [0.2, 0.25) is 0 Å². The molecule has 0 aromatic carbocycles. The smallest absolute Gasteiger partial charge is 0.324 e. The van der Waals surface area contributed by atoms with Crippen LogP contribution in [0, 0.1) is 0 Å². The van der Waals surface area contributed by atoms with Gasteiger partial charge in [-0.15, -0.1) is 0 Å². The van der Waals surface area contributed by atoms with Gasteiger partial charge in [-0.25, -0.2) is 0 Å². The van der Waals surface area contributed by atoms with Crippen LogP contribution in [0.25, 0.3) is 0 Å². The SMILES string of the molecule is C[C@]1(c2ccsc2)CC(=O)OC1=O. The molecule has 0 N–H and O–H groups in total. The lowest BCUT2D eigenvalue weighted by atomic mass is 9.83. The van der Waals surface area contributed by atoms with Gasteiger partial charge in [0.05, 0.1) is 6.42 Å². The molecule has 0 radical (unpaired) electrons. The van der Waals surface area contributed by atoms with E-state index in [2.05, 4.69) is 4.74 Å². The third-order valence-corrected chi connectivity index (χ3v) is 3.00. The van der Waals surface area contributed by atoms with Gasteiger partial charge >= 0.3 is 11.9 Å². The van der Waals surface area contributed by atoms with Crippen molar-refractivity contribution in [2.75, 3.05) is 0 Å². The Bertz CT molecular complexity index is 355. The molecule has 68 valence electrons. The molecule has 4 heteroatoms. The summed E-state index contributed by atoms with van der Waals surface area (Å²) < 4.78 is 4.53. The molecule has 0 amide bonds. The van der Waals surface area contributed by atoms with Crippen molar-refractivity contribution in [2.45, 2.75) is 18.8 Å². The molecule has 1 aliphatic heterocycles. The zero-order valence-electron chi connectivity index (χ0n) is 7.07. The van der Waals surface area contributed by atoms with Crippen LogP contribution in [0.1, 0.15) is 18.9 Å². The number of hydrogen-bond acceptors (Lipinski definition) is 4. The summed E-state index contributed by atoms with van der Waals surface area (Å²) in [6.45, 7) is 1.74. The number of esters is 2. The molecular weight excluding hydrogens is 188 g/mol. The largest absolute Gasteiger partial charge is 0.392 e. The second-order valence-electron chi connectivity index (χ2n) is 3.28. The number of thiophene rings is 1. The van der Waals surface area contributed by atoms with Crippen LogP contribution in [0.4, 0.5) is 0 Å². The normalized spacial score (nSPS) is 27.8. The van der Waals surface area contributed by atoms with Crippen LogP contribution < -0.4 is 0 Å². The first-order valence-corrected chi connectivity index (χ1v) is 4.85. The van der Waals surface area contributed by atoms with Gasteiger partial charge in [0.25, 0.3) is 0 Å². The molecule has 0 unspecified atom stereocenters. The van der Waals surface area contributed by atoms with Gasteiger partial charge in [0, 0.05) is 0 Å². The zero-order valence-corrected chi connectivity index (χ0v) is 7.89. The third-order valence-electron chi connectivity index (χ3n) is 2.31. The summed E-state index contributed by atoms with van der Waals surface area (Å²) in [4.78, 5) is 22.3. The van der Waals surface area contributed by atoms with Crippen molar-refractivity contribution in [1.29, 1.82) is 0 Å². The molecule has 1 saturated heterocycles. The van der Waals surface area contributed by atoms with Crippen molar-refractivity contribution in [1.82, 2.24) is 0 Å². The quantitative estimate of drug-likeness (QED) is 0.504. The van der Waals surface area contributed by atoms with Gasteiger partial charge in [-0.1, -0.05) is 0 Å². The molecule has 1 aromatic heterocycles. The van der Waals surface area contributed by atoms with E-state index in [0.29, 0.717) is 0 Å². The minimum Gasteiger partial charge on any atom is -0.392 e. The van der Waals surface area contributed by atoms with E-state index in [1.54, 1.807) is 6.92 Å². The second kappa shape index (κ2) is 2.67. The Morgan fingerprint density at radius 3 is 2.77 bits per heavy atom. The highest BCUT2D eigenvalue weighted by Crippen LogP contribution is 2.35. The first-order valence-electron chi connectivity index (χ1n) is 3.91. The van der Waals surface area contributed by atoms with Gasteiger partial charge in [-0.05, 0) is 29.3 Å². The monoisotopic (exact) mass is 196 g/mol. The number of carbonyl (C=O) groups excluding carboxylic acids is 2. The van der Waals surface area contributed by atoms with E-state index in [4.69, 9.17) is 0 Å². The molecule has 1 aromatic rings. The Labute approximate surface area is 79.3 Å². The molecule has 0 saturated carbocycles. The van der Waals surface area contributed by atoms with E-state index in [9.17, 15) is 9.59 Å². The van der Waals surface area contributed by atoms with E-state index in [1.165, 1.54) is 11.3 Å². The first kappa shape index (κ1) is 8.44. The summed E-state index contributed by atoms with van der Waals surface area (Å²) in [5.41, 5.74) is 0.116. The Kier molecular flexibility index (Phi) is 1.73. The fourth-order valence-electron chi connectivity index (χ4n) is 1.41. The average molecular weight is 196 g/mol. The van der Waals surface area contributed by atoms with Crippen LogP contribution in [-0.2, 0) is 19.7 Å². The Balaban J connectivity index is 2.42. The van der Waals surface area contributed by atoms with Crippen LogP contribution in [0.3, 0.4) is 0 Å². The second-order valence-corrected chi connectivity index (χ2v) is 4.06. The Morgan fingerprint density at radius 1 is 1.54 bits per heavy atom. The summed E-state index contributed by atoms with van der Waals surface area (Å²) >= 11 is 1.51. The molecule has 2 rings (SSSR count). The van der Waals surface area contributed by atoms with Crippen molar-refractivity contribution in [2.24, 2.45) is 0 Å². The fraction of sp³-hybridized carbons (Fsp3) is 0.333. The maximum absolute atomic E-state index is 11.4. The lowest BCUT2D eigenvalue weighted by Gasteiger charge is -2.15. The van der Waals surface area contributed by atoms with E-state index in [0.717, 1.165) is 5.56 Å². The topological polar surface area (TPSA) is 43.4 Å². The van der Waals surface area contributed by atoms with Crippen molar-refractivity contribution in [3.8, 4) is 0 Å². The molecule has 0 spiro atoms. The zero-order chi connectivity index (χ0) is 9.47. The minimum atomic E-state index is -0.753. The van der Waals surface area contributed by atoms with Crippen molar-refractivity contribution < 1.29 is 14.3 Å². The average Bonchev–Trinajstić information content (AvgIpc) is 2.61. The highest BCUT2D eigenvalue weighted by atomic mass is 32.1. The fourth-order valence-corrected chi connectivity index (χ4v) is 2.20. The number of cyclic esters (lactones) is 2. The van der Waals surface area contributed by atoms with Crippen LogP contribution in [0.2, 0.25) is 0 Å². The lowest BCUT2D eigenvalue weighted by Crippen LogP contribution is -2.26. The molecule has 0 aliphatic carbocycles. The molecule has 0 bridgehead atoms. The number of carbonyl (C=O) groups is 2. The molecule has 3 nitrogen and oxygen atoms in total. The van der Waals surface area contributed by atoms with Crippen LogP contribution in [0.15, 0.2) is 16.8 Å². The predicted molar refractivity (Wildman–Crippen MR) is 47.4 cm³/mol. The number of ether oxygens (including phenoxy) is 1. The maximum Gasteiger partial charge on any atom is 0.324 e. The number of rotatable bonds is 1. The molecule has 2 heterocycles. The molecule has 1 atom stereocenters. The summed E-state index contributed by atoms with van der Waals surface area (Å²) in [5, 5.41) is 3.76. The Hall–Kier alpha value is -1.16. The van der Waals surface area contributed by atoms with Crippen molar-refractivity contribution in [3.63, 3.8) is 0 Å². The van der Waals surface area contributed by atoms with Gasteiger partial charge < -0.3 is 4.74 Å². The molecule has 1 fully saturated rings. The van der Waals surface area contributed by atoms with Crippen LogP contribution >= 0.6 is 11.3 Å². The van der Waals surface area contributed by atoms with E-state index in [-0.39, 0.29) is 6.42 Å². The van der Waals surface area contributed by atoms with Gasteiger partial charge in [0.15, 0.2) is 0 Å². The standard InChI is InChI=1S/C9H8O3S/c1-9(6-2-3-13-5-6)4-7(10)12-8(9)11/h2-3,5H,4H2,1H3/t9-/m1/s1.